The molecule has 1 saturated carbocycles. The van der Waals surface area contributed by atoms with E-state index in [4.69, 9.17) is 0 Å². The van der Waals surface area contributed by atoms with Crippen molar-refractivity contribution < 1.29 is 19.2 Å². The van der Waals surface area contributed by atoms with Crippen LogP contribution in [0.1, 0.15) is 46.4 Å². The molecule has 0 unspecified atom stereocenters. The van der Waals surface area contributed by atoms with E-state index in [1.807, 2.05) is 0 Å². The molecule has 1 fully saturated rings. The van der Waals surface area contributed by atoms with Gasteiger partial charge in [-0.15, -0.1) is 13.2 Å². The van der Waals surface area contributed by atoms with Gasteiger partial charge < -0.3 is 21.3 Å². The smallest absolute Gasteiger partial charge is 0.253 e. The molecule has 1 aliphatic rings. The Bertz CT molecular complexity index is 1050. The van der Waals surface area contributed by atoms with Crippen LogP contribution in [0.3, 0.4) is 0 Å². The molecule has 0 bridgehead atoms. The molecule has 36 heavy (non-hydrogen) atoms. The molecule has 0 heterocycles. The molecule has 4 amide bonds. The van der Waals surface area contributed by atoms with Crippen molar-refractivity contribution in [1.29, 1.82) is 0 Å². The van der Waals surface area contributed by atoms with Crippen molar-refractivity contribution in [1.82, 2.24) is 10.6 Å². The van der Waals surface area contributed by atoms with Crippen LogP contribution in [0, 0.1) is 11.8 Å². The maximum absolute atomic E-state index is 12.9. The average Bonchev–Trinajstić information content (AvgIpc) is 2.91. The summed E-state index contributed by atoms with van der Waals surface area (Å²) in [6, 6.07) is 13.7. The van der Waals surface area contributed by atoms with Gasteiger partial charge in [0.1, 0.15) is 0 Å². The summed E-state index contributed by atoms with van der Waals surface area (Å²) < 4.78 is 0. The summed E-state index contributed by atoms with van der Waals surface area (Å²) in [4.78, 5) is 50.6. The van der Waals surface area contributed by atoms with Gasteiger partial charge in [0, 0.05) is 24.9 Å². The lowest BCUT2D eigenvalue weighted by Crippen LogP contribution is -2.33. The highest BCUT2D eigenvalue weighted by Crippen LogP contribution is 2.31. The number of para-hydroxylation sites is 2. The Balaban J connectivity index is 1.56. The van der Waals surface area contributed by atoms with Gasteiger partial charge in [-0.3, -0.25) is 19.2 Å². The van der Waals surface area contributed by atoms with Crippen molar-refractivity contribution in [3.63, 3.8) is 0 Å². The van der Waals surface area contributed by atoms with E-state index < -0.39 is 0 Å². The zero-order chi connectivity index (χ0) is 25.9. The predicted octanol–water partition coefficient (Wildman–Crippen LogP) is 3.90. The fourth-order valence-corrected chi connectivity index (χ4v) is 4.19. The summed E-state index contributed by atoms with van der Waals surface area (Å²) in [6.07, 6.45) is 5.38. The van der Waals surface area contributed by atoms with Crippen LogP contribution in [0.2, 0.25) is 0 Å². The number of nitrogens with one attached hydrogen (secondary N) is 4. The Morgan fingerprint density at radius 1 is 0.667 bits per heavy atom. The molecule has 8 heteroatoms. The molecule has 2 aromatic rings. The average molecular weight is 489 g/mol. The first kappa shape index (κ1) is 26.4. The van der Waals surface area contributed by atoms with Crippen LogP contribution in [-0.2, 0) is 9.59 Å². The molecule has 0 spiro atoms. The Kier molecular flexibility index (Phi) is 9.56. The maximum Gasteiger partial charge on any atom is 0.253 e. The maximum atomic E-state index is 12.9. The van der Waals surface area contributed by atoms with Crippen LogP contribution < -0.4 is 21.3 Å². The quantitative estimate of drug-likeness (QED) is 0.380. The molecule has 0 atom stereocenters. The Labute approximate surface area is 211 Å². The molecule has 188 valence electrons. The second kappa shape index (κ2) is 13.0. The van der Waals surface area contributed by atoms with Crippen LogP contribution in [0.15, 0.2) is 73.8 Å². The Morgan fingerprint density at radius 2 is 1.03 bits per heavy atom. The zero-order valence-electron chi connectivity index (χ0n) is 20.2. The molecule has 3 rings (SSSR count). The van der Waals surface area contributed by atoms with E-state index in [1.54, 1.807) is 60.7 Å². The first-order chi connectivity index (χ1) is 17.4. The minimum Gasteiger partial charge on any atom is -0.349 e. The zero-order valence-corrected chi connectivity index (χ0v) is 20.2. The fraction of sp³-hybridized carbons (Fsp3) is 0.286. The second-order valence-corrected chi connectivity index (χ2v) is 8.62. The highest BCUT2D eigenvalue weighted by Gasteiger charge is 2.31. The van der Waals surface area contributed by atoms with E-state index >= 15 is 0 Å². The van der Waals surface area contributed by atoms with E-state index in [0.717, 1.165) is 0 Å². The number of anilines is 2. The number of hydrogen-bond donors (Lipinski definition) is 4. The lowest BCUT2D eigenvalue weighted by molar-refractivity contribution is -0.125. The van der Waals surface area contributed by atoms with Gasteiger partial charge in [0.25, 0.3) is 11.8 Å². The van der Waals surface area contributed by atoms with E-state index in [-0.39, 0.29) is 35.5 Å². The van der Waals surface area contributed by atoms with E-state index in [9.17, 15) is 19.2 Å². The lowest BCUT2D eigenvalue weighted by atomic mass is 9.81. The van der Waals surface area contributed by atoms with Gasteiger partial charge in [0.2, 0.25) is 11.8 Å². The minimum absolute atomic E-state index is 0.165. The molecule has 0 aliphatic heterocycles. The van der Waals surface area contributed by atoms with Crippen LogP contribution in [0.5, 0.6) is 0 Å². The number of carbonyl (C=O) groups excluding carboxylic acids is 4. The largest absolute Gasteiger partial charge is 0.349 e. The molecule has 1 aliphatic carbocycles. The van der Waals surface area contributed by atoms with Crippen LogP contribution in [0.25, 0.3) is 0 Å². The second-order valence-electron chi connectivity index (χ2n) is 8.62. The first-order valence-electron chi connectivity index (χ1n) is 12.0. The fourth-order valence-electron chi connectivity index (χ4n) is 4.19. The van der Waals surface area contributed by atoms with Crippen LogP contribution in [0.4, 0.5) is 11.4 Å². The number of rotatable bonds is 10. The van der Waals surface area contributed by atoms with Crippen molar-refractivity contribution in [2.24, 2.45) is 11.8 Å². The number of carbonyl (C=O) groups is 4. The third-order valence-electron chi connectivity index (χ3n) is 6.14. The van der Waals surface area contributed by atoms with Crippen molar-refractivity contribution in [3.05, 3.63) is 85.0 Å². The van der Waals surface area contributed by atoms with Gasteiger partial charge in [0.05, 0.1) is 22.5 Å². The summed E-state index contributed by atoms with van der Waals surface area (Å²) in [5.41, 5.74) is 1.68. The Hall–Kier alpha value is -4.20. The number of benzene rings is 2. The van der Waals surface area contributed by atoms with Gasteiger partial charge in [0.15, 0.2) is 0 Å². The molecular formula is C28H32N4O4. The van der Waals surface area contributed by atoms with Crippen molar-refractivity contribution in [2.75, 3.05) is 23.7 Å². The van der Waals surface area contributed by atoms with E-state index in [2.05, 4.69) is 34.4 Å². The molecule has 4 N–H and O–H groups in total. The van der Waals surface area contributed by atoms with Gasteiger partial charge in [-0.2, -0.15) is 0 Å². The number of hydrogen-bond acceptors (Lipinski definition) is 4. The highest BCUT2D eigenvalue weighted by atomic mass is 16.2. The monoisotopic (exact) mass is 488 g/mol. The standard InChI is InChI=1S/C28H32N4O4/c1-3-17-29-27(35)21-9-5-7-11-23(21)31-25(33)19-13-15-20(16-14-19)26(34)32-24-12-8-6-10-22(24)28(36)30-18-4-2/h3-12,19-20H,1-2,13-18H2,(H,29,35)(H,30,36)(H,31,33)(H,32,34). The van der Waals surface area contributed by atoms with E-state index in [0.29, 0.717) is 61.3 Å². The summed E-state index contributed by atoms with van der Waals surface area (Å²) in [5, 5.41) is 11.2. The molecule has 2 aromatic carbocycles. The predicted molar refractivity (Wildman–Crippen MR) is 141 cm³/mol. The van der Waals surface area contributed by atoms with Gasteiger partial charge >= 0.3 is 0 Å². The van der Waals surface area contributed by atoms with Crippen molar-refractivity contribution in [3.8, 4) is 0 Å². The minimum atomic E-state index is -0.287. The Morgan fingerprint density at radius 3 is 1.39 bits per heavy atom. The summed E-state index contributed by atoms with van der Waals surface area (Å²) in [7, 11) is 0. The highest BCUT2D eigenvalue weighted by molar-refractivity contribution is 6.05. The molecular weight excluding hydrogens is 456 g/mol. The summed E-state index contributed by atoms with van der Waals surface area (Å²) in [5.74, 6) is -1.41. The van der Waals surface area contributed by atoms with Gasteiger partial charge in [-0.05, 0) is 49.9 Å². The molecule has 0 saturated heterocycles. The molecule has 0 radical (unpaired) electrons. The van der Waals surface area contributed by atoms with Gasteiger partial charge in [-0.1, -0.05) is 36.4 Å². The summed E-state index contributed by atoms with van der Waals surface area (Å²) >= 11 is 0. The van der Waals surface area contributed by atoms with Crippen molar-refractivity contribution in [2.45, 2.75) is 25.7 Å². The number of amides is 4. The van der Waals surface area contributed by atoms with Crippen LogP contribution in [-0.4, -0.2) is 36.7 Å². The third kappa shape index (κ3) is 6.91. The molecule has 8 nitrogen and oxygen atoms in total. The topological polar surface area (TPSA) is 116 Å². The van der Waals surface area contributed by atoms with Crippen LogP contribution >= 0.6 is 0 Å². The summed E-state index contributed by atoms with van der Waals surface area (Å²) in [6.45, 7) is 7.84. The third-order valence-corrected chi connectivity index (χ3v) is 6.14. The SMILES string of the molecule is C=CCNC(=O)c1ccccc1NC(=O)C1CCC(C(=O)Nc2ccccc2C(=O)NCC=C)CC1. The normalized spacial score (nSPS) is 16.8. The van der Waals surface area contributed by atoms with Crippen molar-refractivity contribution >= 4 is 35.0 Å². The first-order valence-corrected chi connectivity index (χ1v) is 12.0. The molecule has 0 aromatic heterocycles. The van der Waals surface area contributed by atoms with E-state index in [1.165, 1.54) is 0 Å². The van der Waals surface area contributed by atoms with Gasteiger partial charge in [-0.25, -0.2) is 0 Å². The lowest BCUT2D eigenvalue weighted by Gasteiger charge is -2.27.